The lowest BCUT2D eigenvalue weighted by Gasteiger charge is -2.26. The molecule has 0 aliphatic carbocycles. The molecule has 1 aromatic heterocycles. The van der Waals surface area contributed by atoms with Crippen molar-refractivity contribution in [3.8, 4) is 0 Å². The molecule has 2 heterocycles. The van der Waals surface area contributed by atoms with Crippen molar-refractivity contribution < 1.29 is 14.3 Å². The predicted molar refractivity (Wildman–Crippen MR) is 132 cm³/mol. The van der Waals surface area contributed by atoms with Gasteiger partial charge in [-0.2, -0.15) is 0 Å². The first-order chi connectivity index (χ1) is 15.9. The molecule has 1 fully saturated rings. The average Bonchev–Trinajstić information content (AvgIpc) is 3.06. The third kappa shape index (κ3) is 6.07. The van der Waals surface area contributed by atoms with E-state index in [1.807, 2.05) is 9.80 Å². The summed E-state index contributed by atoms with van der Waals surface area (Å²) in [5.41, 5.74) is 1.18. The first kappa shape index (κ1) is 25.5. The number of hydrogen-bond donors (Lipinski definition) is 0. The van der Waals surface area contributed by atoms with Crippen LogP contribution >= 0.6 is 23.2 Å². The van der Waals surface area contributed by atoms with Crippen LogP contribution in [0.3, 0.4) is 0 Å². The summed E-state index contributed by atoms with van der Waals surface area (Å²) in [7, 11) is 0. The summed E-state index contributed by atoms with van der Waals surface area (Å²) >= 11 is 12.3. The first-order valence-electron chi connectivity index (χ1n) is 11.8. The normalized spacial score (nSPS) is 15.4. The van der Waals surface area contributed by atoms with Crippen molar-refractivity contribution >= 4 is 51.9 Å². The number of esters is 1. The van der Waals surface area contributed by atoms with Gasteiger partial charge in [0.2, 0.25) is 5.91 Å². The van der Waals surface area contributed by atoms with Crippen LogP contribution in [0.2, 0.25) is 10.0 Å². The van der Waals surface area contributed by atoms with Crippen molar-refractivity contribution in [2.75, 3.05) is 37.7 Å². The van der Waals surface area contributed by atoms with Gasteiger partial charge in [0.25, 0.3) is 0 Å². The first-order valence-corrected chi connectivity index (χ1v) is 12.5. The van der Waals surface area contributed by atoms with E-state index in [9.17, 15) is 9.59 Å². The lowest BCUT2D eigenvalue weighted by atomic mass is 9.97. The van der Waals surface area contributed by atoms with Crippen molar-refractivity contribution in [3.63, 3.8) is 0 Å². The van der Waals surface area contributed by atoms with Gasteiger partial charge < -0.3 is 14.5 Å². The number of amides is 1. The third-order valence-corrected chi connectivity index (χ3v) is 6.73. The van der Waals surface area contributed by atoms with E-state index in [2.05, 4.69) is 18.8 Å². The number of nitrogens with zero attached hydrogens (tertiary/aromatic N) is 4. The quantitative estimate of drug-likeness (QED) is 0.459. The molecule has 0 bridgehead atoms. The minimum absolute atomic E-state index is 0.0685. The number of halogens is 2. The lowest BCUT2D eigenvalue weighted by molar-refractivity contribution is -0.135. The molecule has 0 spiro atoms. The van der Waals surface area contributed by atoms with Crippen LogP contribution in [0.25, 0.3) is 11.0 Å². The molecule has 2 aromatic rings. The van der Waals surface area contributed by atoms with E-state index in [0.29, 0.717) is 53.1 Å². The van der Waals surface area contributed by atoms with Crippen molar-refractivity contribution in [1.82, 2.24) is 14.9 Å². The second-order valence-electron chi connectivity index (χ2n) is 8.28. The molecule has 33 heavy (non-hydrogen) atoms. The Morgan fingerprint density at radius 3 is 2.36 bits per heavy atom. The Kier molecular flexibility index (Phi) is 9.15. The maximum atomic E-state index is 13.1. The maximum Gasteiger partial charge on any atom is 0.360 e. The number of carbonyl (C=O) groups excluding carboxylic acids is 2. The van der Waals surface area contributed by atoms with Crippen molar-refractivity contribution in [2.45, 2.75) is 52.9 Å². The van der Waals surface area contributed by atoms with Gasteiger partial charge in [-0.15, -0.1) is 0 Å². The summed E-state index contributed by atoms with van der Waals surface area (Å²) in [5, 5.41) is 0.720. The van der Waals surface area contributed by atoms with Crippen molar-refractivity contribution in [3.05, 3.63) is 27.9 Å². The summed E-state index contributed by atoms with van der Waals surface area (Å²) in [6, 6.07) is 3.25. The Morgan fingerprint density at radius 1 is 1.03 bits per heavy atom. The van der Waals surface area contributed by atoms with E-state index in [0.717, 1.165) is 32.1 Å². The van der Waals surface area contributed by atoms with Crippen molar-refractivity contribution in [2.24, 2.45) is 5.92 Å². The molecular formula is C24H32Cl2N4O3. The predicted octanol–water partition coefficient (Wildman–Crippen LogP) is 5.37. The highest BCUT2D eigenvalue weighted by Gasteiger charge is 2.28. The largest absolute Gasteiger partial charge is 0.461 e. The SMILES string of the molecule is CCCCC(CC)C(=O)N1CCCN(c2nc3cc(Cl)c(Cl)cc3nc2C(=O)OCC)CC1. The standard InChI is InChI=1S/C24H32Cl2N4O3/c1-4-7-9-16(5-2)23(31)30-11-8-10-29(12-13-30)22-21(24(32)33-6-3)27-19-14-17(25)18(26)15-20(19)28-22/h14-16H,4-13H2,1-3H3. The smallest absolute Gasteiger partial charge is 0.360 e. The molecule has 0 saturated carbocycles. The van der Waals surface area contributed by atoms with Gasteiger partial charge in [-0.3, -0.25) is 4.79 Å². The van der Waals surface area contributed by atoms with Crippen LogP contribution in [0.5, 0.6) is 0 Å². The summed E-state index contributed by atoms with van der Waals surface area (Å²) in [6.07, 6.45) is 4.71. The molecule has 1 atom stereocenters. The molecule has 0 N–H and O–H groups in total. The molecule has 1 amide bonds. The van der Waals surface area contributed by atoms with Gasteiger partial charge in [0.1, 0.15) is 0 Å². The Balaban J connectivity index is 1.88. The van der Waals surface area contributed by atoms with Gasteiger partial charge in [-0.1, -0.05) is 49.9 Å². The zero-order valence-corrected chi connectivity index (χ0v) is 21.1. The summed E-state index contributed by atoms with van der Waals surface area (Å²) < 4.78 is 5.24. The lowest BCUT2D eigenvalue weighted by Crippen LogP contribution is -2.39. The summed E-state index contributed by atoms with van der Waals surface area (Å²) in [4.78, 5) is 39.1. The van der Waals surface area contributed by atoms with Crippen molar-refractivity contribution in [1.29, 1.82) is 0 Å². The molecule has 1 unspecified atom stereocenters. The minimum atomic E-state index is -0.532. The fraction of sp³-hybridized carbons (Fsp3) is 0.583. The number of ether oxygens (including phenoxy) is 1. The number of fused-ring (bicyclic) bond motifs is 1. The highest BCUT2D eigenvalue weighted by Crippen LogP contribution is 2.29. The monoisotopic (exact) mass is 494 g/mol. The van der Waals surface area contributed by atoms with E-state index in [1.165, 1.54) is 0 Å². The van der Waals surface area contributed by atoms with Gasteiger partial charge in [0.15, 0.2) is 11.5 Å². The summed E-state index contributed by atoms with van der Waals surface area (Å²) in [5.74, 6) is 0.214. The third-order valence-electron chi connectivity index (χ3n) is 6.01. The van der Waals surface area contributed by atoms with Gasteiger partial charge >= 0.3 is 5.97 Å². The van der Waals surface area contributed by atoms with Crippen LogP contribution < -0.4 is 4.90 Å². The number of carbonyl (C=O) groups is 2. The summed E-state index contributed by atoms with van der Waals surface area (Å²) in [6.45, 7) is 8.69. The fourth-order valence-corrected chi connectivity index (χ4v) is 4.48. The minimum Gasteiger partial charge on any atom is -0.461 e. The number of anilines is 1. The Morgan fingerprint density at radius 2 is 1.73 bits per heavy atom. The van der Waals surface area contributed by atoms with Crippen LogP contribution in [-0.2, 0) is 9.53 Å². The number of unbranched alkanes of at least 4 members (excludes halogenated alkanes) is 1. The van der Waals surface area contributed by atoms with Gasteiger partial charge in [-0.25, -0.2) is 14.8 Å². The van der Waals surface area contributed by atoms with Gasteiger partial charge in [0, 0.05) is 32.1 Å². The van der Waals surface area contributed by atoms with Crippen LogP contribution in [0.15, 0.2) is 12.1 Å². The molecule has 3 rings (SSSR count). The van der Waals surface area contributed by atoms with Crippen LogP contribution in [0, 0.1) is 5.92 Å². The average molecular weight is 495 g/mol. The number of hydrogen-bond acceptors (Lipinski definition) is 6. The van der Waals surface area contributed by atoms with Crippen LogP contribution in [0.1, 0.15) is 63.4 Å². The molecule has 7 nitrogen and oxygen atoms in total. The second-order valence-corrected chi connectivity index (χ2v) is 9.10. The number of rotatable bonds is 8. The van der Waals surface area contributed by atoms with Crippen LogP contribution in [0.4, 0.5) is 5.82 Å². The molecule has 1 saturated heterocycles. The number of benzene rings is 1. The van der Waals surface area contributed by atoms with E-state index in [1.54, 1.807) is 19.1 Å². The van der Waals surface area contributed by atoms with E-state index in [-0.39, 0.29) is 24.1 Å². The van der Waals surface area contributed by atoms with E-state index < -0.39 is 5.97 Å². The molecular weight excluding hydrogens is 463 g/mol. The molecule has 1 aliphatic heterocycles. The maximum absolute atomic E-state index is 13.1. The Hall–Kier alpha value is -2.12. The van der Waals surface area contributed by atoms with Crippen LogP contribution in [-0.4, -0.2) is 59.5 Å². The topological polar surface area (TPSA) is 75.6 Å². The van der Waals surface area contributed by atoms with Gasteiger partial charge in [-0.05, 0) is 38.3 Å². The molecule has 0 radical (unpaired) electrons. The molecule has 180 valence electrons. The molecule has 1 aliphatic rings. The highest BCUT2D eigenvalue weighted by molar-refractivity contribution is 6.42. The fourth-order valence-electron chi connectivity index (χ4n) is 4.16. The second kappa shape index (κ2) is 11.8. The highest BCUT2D eigenvalue weighted by atomic mass is 35.5. The van der Waals surface area contributed by atoms with Gasteiger partial charge in [0.05, 0.1) is 27.7 Å². The number of aromatic nitrogens is 2. The Bertz CT molecular complexity index is 1000. The Labute approximate surface area is 205 Å². The van der Waals surface area contributed by atoms with E-state index >= 15 is 0 Å². The zero-order valence-electron chi connectivity index (χ0n) is 19.6. The molecule has 9 heteroatoms. The zero-order chi connectivity index (χ0) is 24.0. The molecule has 1 aromatic carbocycles. The van der Waals surface area contributed by atoms with E-state index in [4.69, 9.17) is 32.9 Å².